The highest BCUT2D eigenvalue weighted by Crippen LogP contribution is 2.16. The van der Waals surface area contributed by atoms with Crippen LogP contribution in [0.1, 0.15) is 0 Å². The third-order valence-electron chi connectivity index (χ3n) is 3.12. The molecule has 19 heavy (non-hydrogen) atoms. The van der Waals surface area contributed by atoms with Gasteiger partial charge in [-0.05, 0) is 6.07 Å². The molecule has 0 bridgehead atoms. The molecule has 6 heteroatoms. The molecule has 0 atom stereocenters. The number of piperazine rings is 1. The Hall–Kier alpha value is -1.14. The molecule has 0 unspecified atom stereocenters. The van der Waals surface area contributed by atoms with Crippen LogP contribution in [-0.4, -0.2) is 61.7 Å². The number of aromatic nitrogens is 2. The minimum absolute atomic E-state index is 0.758. The molecule has 0 N–H and O–H groups in total. The summed E-state index contributed by atoms with van der Waals surface area (Å²) in [5.74, 6) is 1.77. The normalized spacial score (nSPS) is 16.5. The van der Waals surface area contributed by atoms with Crippen LogP contribution in [0.25, 0.3) is 0 Å². The van der Waals surface area contributed by atoms with Gasteiger partial charge in [0.15, 0.2) is 0 Å². The summed E-state index contributed by atoms with van der Waals surface area (Å²) in [5, 5.41) is 0. The van der Waals surface area contributed by atoms with Gasteiger partial charge in [-0.1, -0.05) is 22.5 Å². The summed E-state index contributed by atoms with van der Waals surface area (Å²) in [5.41, 5.74) is 0. The first-order valence-electron chi connectivity index (χ1n) is 6.37. The van der Waals surface area contributed by atoms with Gasteiger partial charge in [-0.25, -0.2) is 4.98 Å². The number of halogens is 1. The second kappa shape index (κ2) is 6.34. The molecule has 0 spiro atoms. The molecule has 1 aromatic rings. The molecule has 1 saturated heterocycles. The molecule has 104 valence electrons. The van der Waals surface area contributed by atoms with E-state index in [1.54, 1.807) is 0 Å². The molecule has 1 aliphatic rings. The van der Waals surface area contributed by atoms with Crippen molar-refractivity contribution in [3.8, 4) is 0 Å². The van der Waals surface area contributed by atoms with Gasteiger partial charge in [0.05, 0.1) is 0 Å². The summed E-state index contributed by atoms with van der Waals surface area (Å²) in [4.78, 5) is 15.4. The lowest BCUT2D eigenvalue weighted by molar-refractivity contribution is 0.282. The van der Waals surface area contributed by atoms with Crippen molar-refractivity contribution in [2.24, 2.45) is 0 Å². The van der Waals surface area contributed by atoms with Crippen molar-refractivity contribution in [2.45, 2.75) is 0 Å². The van der Waals surface area contributed by atoms with Crippen molar-refractivity contribution < 1.29 is 0 Å². The molecular formula is C13H20BrN5. The molecule has 5 nitrogen and oxygen atoms in total. The van der Waals surface area contributed by atoms with Gasteiger partial charge in [0.25, 0.3) is 0 Å². The van der Waals surface area contributed by atoms with E-state index in [4.69, 9.17) is 0 Å². The Morgan fingerprint density at radius 3 is 2.63 bits per heavy atom. The van der Waals surface area contributed by atoms with E-state index in [9.17, 15) is 0 Å². The predicted octanol–water partition coefficient (Wildman–Crippen LogP) is 1.57. The maximum Gasteiger partial charge on any atom is 0.226 e. The highest BCUT2D eigenvalue weighted by atomic mass is 79.9. The second-order valence-electron chi connectivity index (χ2n) is 4.89. The maximum absolute atomic E-state index is 4.58. The van der Waals surface area contributed by atoms with Crippen LogP contribution in [0.4, 0.5) is 11.8 Å². The van der Waals surface area contributed by atoms with Gasteiger partial charge in [-0.3, -0.25) is 4.90 Å². The van der Waals surface area contributed by atoms with Gasteiger partial charge in [0.2, 0.25) is 5.95 Å². The van der Waals surface area contributed by atoms with E-state index in [1.165, 1.54) is 0 Å². The van der Waals surface area contributed by atoms with Crippen molar-refractivity contribution in [3.05, 3.63) is 23.3 Å². The molecular weight excluding hydrogens is 306 g/mol. The van der Waals surface area contributed by atoms with Gasteiger partial charge in [-0.2, -0.15) is 4.98 Å². The van der Waals surface area contributed by atoms with E-state index < -0.39 is 0 Å². The van der Waals surface area contributed by atoms with E-state index in [0.29, 0.717) is 0 Å². The largest absolute Gasteiger partial charge is 0.354 e. The standard InChI is InChI=1S/C13H20BrN5/c1-11(14)10-18-6-8-19(9-7-18)12-4-5-15-13(16-12)17(2)3/h4-5H,1,6-10H2,2-3H3. The van der Waals surface area contributed by atoms with Crippen LogP contribution in [0.5, 0.6) is 0 Å². The van der Waals surface area contributed by atoms with E-state index in [2.05, 4.69) is 42.3 Å². The fourth-order valence-electron chi connectivity index (χ4n) is 2.11. The molecule has 2 rings (SSSR count). The smallest absolute Gasteiger partial charge is 0.226 e. The number of hydrogen-bond acceptors (Lipinski definition) is 5. The Labute approximate surface area is 123 Å². The summed E-state index contributed by atoms with van der Waals surface area (Å²) in [7, 11) is 3.91. The predicted molar refractivity (Wildman–Crippen MR) is 83.1 cm³/mol. The summed E-state index contributed by atoms with van der Waals surface area (Å²) in [6.07, 6.45) is 1.82. The zero-order valence-electron chi connectivity index (χ0n) is 11.5. The summed E-state index contributed by atoms with van der Waals surface area (Å²) in [6.45, 7) is 8.86. The van der Waals surface area contributed by atoms with Crippen LogP contribution in [0, 0.1) is 0 Å². The molecule has 2 heterocycles. The molecule has 1 fully saturated rings. The Balaban J connectivity index is 1.97. The first-order chi connectivity index (χ1) is 9.06. The van der Waals surface area contributed by atoms with Gasteiger partial charge >= 0.3 is 0 Å². The van der Waals surface area contributed by atoms with E-state index in [0.717, 1.165) is 49.0 Å². The Bertz CT molecular complexity index is 440. The van der Waals surface area contributed by atoms with Gasteiger partial charge in [-0.15, -0.1) is 0 Å². The van der Waals surface area contributed by atoms with Gasteiger partial charge in [0, 0.05) is 57.5 Å². The first-order valence-corrected chi connectivity index (χ1v) is 7.16. The fraction of sp³-hybridized carbons (Fsp3) is 0.538. The average molecular weight is 326 g/mol. The van der Waals surface area contributed by atoms with Crippen molar-refractivity contribution in [1.82, 2.24) is 14.9 Å². The van der Waals surface area contributed by atoms with Crippen LogP contribution in [0.3, 0.4) is 0 Å². The van der Waals surface area contributed by atoms with Crippen LogP contribution < -0.4 is 9.80 Å². The third-order valence-corrected chi connectivity index (χ3v) is 3.37. The number of nitrogens with zero attached hydrogens (tertiary/aromatic N) is 5. The molecule has 0 aliphatic carbocycles. The highest BCUT2D eigenvalue weighted by molar-refractivity contribution is 9.11. The lowest BCUT2D eigenvalue weighted by atomic mass is 10.3. The van der Waals surface area contributed by atoms with Crippen molar-refractivity contribution in [1.29, 1.82) is 0 Å². The average Bonchev–Trinajstić information content (AvgIpc) is 2.39. The SMILES string of the molecule is C=C(Br)CN1CCN(c2ccnc(N(C)C)n2)CC1. The van der Waals surface area contributed by atoms with E-state index >= 15 is 0 Å². The van der Waals surface area contributed by atoms with Crippen LogP contribution in [0.2, 0.25) is 0 Å². The monoisotopic (exact) mass is 325 g/mol. The van der Waals surface area contributed by atoms with Gasteiger partial charge < -0.3 is 9.80 Å². The summed E-state index contributed by atoms with van der Waals surface area (Å²) in [6, 6.07) is 1.98. The zero-order chi connectivity index (χ0) is 13.8. The van der Waals surface area contributed by atoms with Crippen LogP contribution in [-0.2, 0) is 0 Å². The summed E-state index contributed by atoms with van der Waals surface area (Å²) < 4.78 is 1.04. The fourth-order valence-corrected chi connectivity index (χ4v) is 2.46. The maximum atomic E-state index is 4.58. The number of hydrogen-bond donors (Lipinski definition) is 0. The van der Waals surface area contributed by atoms with Crippen molar-refractivity contribution >= 4 is 27.7 Å². The Morgan fingerprint density at radius 1 is 1.37 bits per heavy atom. The lowest BCUT2D eigenvalue weighted by Gasteiger charge is -2.35. The molecule has 0 aromatic carbocycles. The van der Waals surface area contributed by atoms with Crippen molar-refractivity contribution in [2.75, 3.05) is 56.6 Å². The number of rotatable bonds is 4. The minimum Gasteiger partial charge on any atom is -0.354 e. The van der Waals surface area contributed by atoms with Gasteiger partial charge in [0.1, 0.15) is 5.82 Å². The van der Waals surface area contributed by atoms with E-state index in [1.807, 2.05) is 31.3 Å². The van der Waals surface area contributed by atoms with Crippen molar-refractivity contribution in [3.63, 3.8) is 0 Å². The third kappa shape index (κ3) is 3.91. The van der Waals surface area contributed by atoms with Crippen LogP contribution >= 0.6 is 15.9 Å². The van der Waals surface area contributed by atoms with Crippen LogP contribution in [0.15, 0.2) is 23.3 Å². The molecule has 0 radical (unpaired) electrons. The molecule has 0 saturated carbocycles. The minimum atomic E-state index is 0.758. The zero-order valence-corrected chi connectivity index (χ0v) is 13.1. The summed E-state index contributed by atoms with van der Waals surface area (Å²) >= 11 is 3.42. The first kappa shape index (κ1) is 14.3. The quantitative estimate of drug-likeness (QED) is 0.839. The number of anilines is 2. The highest BCUT2D eigenvalue weighted by Gasteiger charge is 2.18. The lowest BCUT2D eigenvalue weighted by Crippen LogP contribution is -2.47. The van der Waals surface area contributed by atoms with E-state index in [-0.39, 0.29) is 0 Å². The Kier molecular flexibility index (Phi) is 4.76. The molecule has 1 aromatic heterocycles. The topological polar surface area (TPSA) is 35.5 Å². The molecule has 0 amide bonds. The second-order valence-corrected chi connectivity index (χ2v) is 6.01. The molecule has 1 aliphatic heterocycles. The Morgan fingerprint density at radius 2 is 2.05 bits per heavy atom.